The summed E-state index contributed by atoms with van der Waals surface area (Å²) >= 11 is 0. The summed E-state index contributed by atoms with van der Waals surface area (Å²) in [6.07, 6.45) is 19.0. The summed E-state index contributed by atoms with van der Waals surface area (Å²) in [6.45, 7) is 2.27. The van der Waals surface area contributed by atoms with Crippen molar-refractivity contribution in [3.05, 3.63) is 23.8 Å². The van der Waals surface area contributed by atoms with Crippen molar-refractivity contribution in [1.82, 2.24) is 5.43 Å². The third-order valence-corrected chi connectivity index (χ3v) is 5.34. The molecule has 0 saturated heterocycles. The van der Waals surface area contributed by atoms with Crippen LogP contribution in [0.3, 0.4) is 0 Å². The molecule has 0 aliphatic carbocycles. The van der Waals surface area contributed by atoms with Gasteiger partial charge >= 0.3 is 0 Å². The molecule has 0 bridgehead atoms. The predicted molar refractivity (Wildman–Crippen MR) is 126 cm³/mol. The standard InChI is InChI=1S/C25H42N2O3/c1-4-5-6-7-8-9-10-11-12-13-14-15-16-17-25(28)27-26-21-22-20-23(29-2)18-19-24(22)30-3/h18-21H,4-17H2,1-3H3,(H,27,28)/b26-21-. The van der Waals surface area contributed by atoms with Gasteiger partial charge in [-0.05, 0) is 24.6 Å². The van der Waals surface area contributed by atoms with Gasteiger partial charge in [-0.2, -0.15) is 5.10 Å². The van der Waals surface area contributed by atoms with Crippen molar-refractivity contribution in [2.24, 2.45) is 5.10 Å². The van der Waals surface area contributed by atoms with E-state index < -0.39 is 0 Å². The van der Waals surface area contributed by atoms with Gasteiger partial charge in [-0.1, -0.05) is 84.0 Å². The second-order valence-electron chi connectivity index (χ2n) is 7.89. The lowest BCUT2D eigenvalue weighted by Gasteiger charge is -2.06. The van der Waals surface area contributed by atoms with Gasteiger partial charge in [-0.25, -0.2) is 5.43 Å². The lowest BCUT2D eigenvalue weighted by atomic mass is 10.0. The molecule has 0 aliphatic heterocycles. The van der Waals surface area contributed by atoms with E-state index >= 15 is 0 Å². The summed E-state index contributed by atoms with van der Waals surface area (Å²) in [6, 6.07) is 5.46. The Hall–Kier alpha value is -2.04. The highest BCUT2D eigenvalue weighted by Gasteiger charge is 2.03. The average molecular weight is 419 g/mol. The molecule has 0 unspecified atom stereocenters. The van der Waals surface area contributed by atoms with Gasteiger partial charge in [0.1, 0.15) is 11.5 Å². The van der Waals surface area contributed by atoms with E-state index in [0.29, 0.717) is 12.2 Å². The molecular weight excluding hydrogens is 376 g/mol. The van der Waals surface area contributed by atoms with E-state index in [0.717, 1.165) is 24.2 Å². The van der Waals surface area contributed by atoms with Crippen LogP contribution in [0.2, 0.25) is 0 Å². The SMILES string of the molecule is CCCCCCCCCCCCCCCC(=O)N/N=C\c1cc(OC)ccc1OC. The predicted octanol–water partition coefficient (Wildman–Crippen LogP) is 6.64. The maximum atomic E-state index is 11.9. The van der Waals surface area contributed by atoms with E-state index in [1.54, 1.807) is 20.4 Å². The Morgan fingerprint density at radius 1 is 0.867 bits per heavy atom. The van der Waals surface area contributed by atoms with E-state index in [1.807, 2.05) is 18.2 Å². The van der Waals surface area contributed by atoms with Gasteiger partial charge in [-0.3, -0.25) is 4.79 Å². The van der Waals surface area contributed by atoms with Gasteiger partial charge in [-0.15, -0.1) is 0 Å². The first-order chi connectivity index (χ1) is 14.7. The number of hydrazone groups is 1. The molecule has 0 heterocycles. The second-order valence-corrected chi connectivity index (χ2v) is 7.89. The number of unbranched alkanes of at least 4 members (excludes halogenated alkanes) is 12. The van der Waals surface area contributed by atoms with Crippen LogP contribution in [0, 0.1) is 0 Å². The average Bonchev–Trinajstić information content (AvgIpc) is 2.76. The van der Waals surface area contributed by atoms with E-state index in [4.69, 9.17) is 9.47 Å². The fraction of sp³-hybridized carbons (Fsp3) is 0.680. The molecule has 5 heteroatoms. The van der Waals surface area contributed by atoms with Gasteiger partial charge in [0.2, 0.25) is 5.91 Å². The minimum Gasteiger partial charge on any atom is -0.497 e. The lowest BCUT2D eigenvalue weighted by Crippen LogP contribution is -2.17. The molecule has 0 aromatic heterocycles. The molecule has 0 atom stereocenters. The van der Waals surface area contributed by atoms with Crippen LogP contribution in [-0.2, 0) is 4.79 Å². The van der Waals surface area contributed by atoms with Crippen molar-refractivity contribution in [2.75, 3.05) is 14.2 Å². The largest absolute Gasteiger partial charge is 0.497 e. The van der Waals surface area contributed by atoms with E-state index in [9.17, 15) is 4.79 Å². The Morgan fingerprint density at radius 2 is 1.43 bits per heavy atom. The monoisotopic (exact) mass is 418 g/mol. The van der Waals surface area contributed by atoms with E-state index in [-0.39, 0.29) is 5.91 Å². The number of benzene rings is 1. The highest BCUT2D eigenvalue weighted by atomic mass is 16.5. The zero-order valence-electron chi connectivity index (χ0n) is 19.4. The first-order valence-corrected chi connectivity index (χ1v) is 11.7. The number of ether oxygens (including phenoxy) is 2. The van der Waals surface area contributed by atoms with Crippen LogP contribution in [0.5, 0.6) is 11.5 Å². The van der Waals surface area contributed by atoms with Crippen molar-refractivity contribution in [3.63, 3.8) is 0 Å². The molecule has 30 heavy (non-hydrogen) atoms. The minimum absolute atomic E-state index is 0.0452. The summed E-state index contributed by atoms with van der Waals surface area (Å²) in [4.78, 5) is 11.9. The van der Waals surface area contributed by atoms with Crippen molar-refractivity contribution >= 4 is 12.1 Å². The number of carbonyl (C=O) groups is 1. The van der Waals surface area contributed by atoms with Crippen molar-refractivity contribution in [1.29, 1.82) is 0 Å². The molecule has 0 radical (unpaired) electrons. The highest BCUT2D eigenvalue weighted by Crippen LogP contribution is 2.22. The van der Waals surface area contributed by atoms with Crippen LogP contribution in [0.1, 0.15) is 102 Å². The molecule has 170 valence electrons. The molecule has 0 aliphatic rings. The molecule has 1 aromatic rings. The molecule has 1 aromatic carbocycles. The first-order valence-electron chi connectivity index (χ1n) is 11.7. The Morgan fingerprint density at radius 3 is 1.97 bits per heavy atom. The van der Waals surface area contributed by atoms with Gasteiger partial charge in [0.15, 0.2) is 0 Å². The summed E-state index contributed by atoms with van der Waals surface area (Å²) in [5.74, 6) is 1.36. The maximum Gasteiger partial charge on any atom is 0.240 e. The molecule has 1 N–H and O–H groups in total. The molecular formula is C25H42N2O3. The summed E-state index contributed by atoms with van der Waals surface area (Å²) in [7, 11) is 3.21. The van der Waals surface area contributed by atoms with Gasteiger partial charge in [0, 0.05) is 12.0 Å². The minimum atomic E-state index is -0.0452. The maximum absolute atomic E-state index is 11.9. The van der Waals surface area contributed by atoms with Gasteiger partial charge in [0.05, 0.1) is 20.4 Å². The zero-order chi connectivity index (χ0) is 21.9. The van der Waals surface area contributed by atoms with Crippen LogP contribution in [0.4, 0.5) is 0 Å². The Labute approximate surface area is 183 Å². The number of hydrogen-bond acceptors (Lipinski definition) is 4. The van der Waals surface area contributed by atoms with E-state index in [2.05, 4.69) is 17.5 Å². The van der Waals surface area contributed by atoms with Gasteiger partial charge < -0.3 is 9.47 Å². The third kappa shape index (κ3) is 12.5. The van der Waals surface area contributed by atoms with Crippen LogP contribution in [0.25, 0.3) is 0 Å². The molecule has 0 spiro atoms. The number of carbonyl (C=O) groups excluding carboxylic acids is 1. The zero-order valence-corrected chi connectivity index (χ0v) is 19.4. The van der Waals surface area contributed by atoms with E-state index in [1.165, 1.54) is 70.6 Å². The van der Waals surface area contributed by atoms with Gasteiger partial charge in [0.25, 0.3) is 0 Å². The third-order valence-electron chi connectivity index (χ3n) is 5.34. The van der Waals surface area contributed by atoms with Crippen LogP contribution in [0.15, 0.2) is 23.3 Å². The summed E-state index contributed by atoms with van der Waals surface area (Å²) < 4.78 is 10.5. The Bertz CT molecular complexity index is 602. The first kappa shape index (κ1) is 26.0. The molecule has 5 nitrogen and oxygen atoms in total. The molecule has 1 amide bonds. The van der Waals surface area contributed by atoms with Crippen molar-refractivity contribution < 1.29 is 14.3 Å². The van der Waals surface area contributed by atoms with Crippen LogP contribution < -0.4 is 14.9 Å². The Kier molecular flexibility index (Phi) is 15.4. The second kappa shape index (κ2) is 17.8. The molecule has 0 saturated carbocycles. The number of rotatable bonds is 18. The number of nitrogens with one attached hydrogen (secondary N) is 1. The topological polar surface area (TPSA) is 59.9 Å². The summed E-state index contributed by atoms with van der Waals surface area (Å²) in [5, 5.41) is 4.05. The lowest BCUT2D eigenvalue weighted by molar-refractivity contribution is -0.121. The normalized spacial score (nSPS) is 11.0. The van der Waals surface area contributed by atoms with Crippen molar-refractivity contribution in [2.45, 2.75) is 96.8 Å². The quantitative estimate of drug-likeness (QED) is 0.165. The number of amides is 1. The summed E-state index contributed by atoms with van der Waals surface area (Å²) in [5.41, 5.74) is 3.36. The van der Waals surface area contributed by atoms with Crippen molar-refractivity contribution in [3.8, 4) is 11.5 Å². The number of methoxy groups -OCH3 is 2. The fourth-order valence-corrected chi connectivity index (χ4v) is 3.47. The smallest absolute Gasteiger partial charge is 0.240 e. The number of hydrogen-bond donors (Lipinski definition) is 1. The Balaban J connectivity index is 2.03. The van der Waals surface area contributed by atoms with Crippen LogP contribution >= 0.6 is 0 Å². The number of nitrogens with zero attached hydrogens (tertiary/aromatic N) is 1. The molecule has 1 rings (SSSR count). The fourth-order valence-electron chi connectivity index (χ4n) is 3.47. The highest BCUT2D eigenvalue weighted by molar-refractivity contribution is 5.85. The van der Waals surface area contributed by atoms with Crippen LogP contribution in [-0.4, -0.2) is 26.3 Å². The molecule has 0 fully saturated rings.